The van der Waals surface area contributed by atoms with E-state index in [2.05, 4.69) is 5.16 Å². The highest BCUT2D eigenvalue weighted by molar-refractivity contribution is 7.22. The number of nitrogens with zero attached hydrogens (tertiary/aromatic N) is 3. The first-order valence-electron chi connectivity index (χ1n) is 11.1. The van der Waals surface area contributed by atoms with E-state index in [4.69, 9.17) is 30.6 Å². The van der Waals surface area contributed by atoms with Crippen LogP contribution in [0.5, 0.6) is 11.5 Å². The molecule has 7 nitrogen and oxygen atoms in total. The molecule has 3 aromatic carbocycles. The van der Waals surface area contributed by atoms with E-state index in [1.165, 1.54) is 11.3 Å². The van der Waals surface area contributed by atoms with Crippen molar-refractivity contribution < 1.29 is 18.8 Å². The molecule has 1 amide bonds. The molecule has 36 heavy (non-hydrogen) atoms. The van der Waals surface area contributed by atoms with Gasteiger partial charge in [0.1, 0.15) is 38.7 Å². The zero-order valence-corrected chi connectivity index (χ0v) is 21.4. The Bertz CT molecular complexity index is 1510. The summed E-state index contributed by atoms with van der Waals surface area (Å²) in [5.41, 5.74) is 2.90. The van der Waals surface area contributed by atoms with E-state index in [1.807, 2.05) is 54.6 Å². The van der Waals surface area contributed by atoms with Crippen molar-refractivity contribution in [2.24, 2.45) is 0 Å². The standard InChI is InChI=1S/C27H22ClN3O4S/c1-16-22(23(30-35-16)18-11-7-8-12-19(18)28)26(32)31(15-17-9-5-4-6-10-17)27-29-24-20(33-2)13-14-21(34-3)25(24)36-27/h4-14H,15H2,1-3H3. The normalized spacial score (nSPS) is 11.0. The van der Waals surface area contributed by atoms with Crippen molar-refractivity contribution in [1.29, 1.82) is 0 Å². The molecule has 0 aliphatic carbocycles. The SMILES string of the molecule is COc1ccc(OC)c2sc(N(Cc3ccccc3)C(=O)c3c(-c4ccccc4Cl)noc3C)nc12. The van der Waals surface area contributed by atoms with E-state index in [0.717, 1.165) is 10.3 Å². The van der Waals surface area contributed by atoms with E-state index in [0.29, 0.717) is 49.8 Å². The van der Waals surface area contributed by atoms with Gasteiger partial charge in [0.2, 0.25) is 0 Å². The second kappa shape index (κ2) is 10.0. The summed E-state index contributed by atoms with van der Waals surface area (Å²) in [7, 11) is 3.19. The lowest BCUT2D eigenvalue weighted by Gasteiger charge is -2.20. The van der Waals surface area contributed by atoms with E-state index >= 15 is 0 Å². The first-order chi connectivity index (χ1) is 17.5. The Morgan fingerprint density at radius 2 is 1.69 bits per heavy atom. The van der Waals surface area contributed by atoms with Crippen LogP contribution in [-0.4, -0.2) is 30.3 Å². The number of aromatic nitrogens is 2. The molecule has 0 bridgehead atoms. The van der Waals surface area contributed by atoms with Gasteiger partial charge in [-0.1, -0.05) is 76.6 Å². The number of fused-ring (bicyclic) bond motifs is 1. The number of methoxy groups -OCH3 is 2. The maximum atomic E-state index is 14.2. The highest BCUT2D eigenvalue weighted by atomic mass is 35.5. The molecule has 2 heterocycles. The van der Waals surface area contributed by atoms with Crippen LogP contribution in [0.1, 0.15) is 21.7 Å². The number of rotatable bonds is 7. The molecule has 0 saturated heterocycles. The highest BCUT2D eigenvalue weighted by Gasteiger charge is 2.30. The quantitative estimate of drug-likeness (QED) is 0.236. The molecule has 182 valence electrons. The zero-order chi connectivity index (χ0) is 25.2. The largest absolute Gasteiger partial charge is 0.495 e. The van der Waals surface area contributed by atoms with Gasteiger partial charge in [-0.3, -0.25) is 9.69 Å². The van der Waals surface area contributed by atoms with Crippen LogP contribution >= 0.6 is 22.9 Å². The summed E-state index contributed by atoms with van der Waals surface area (Å²) in [4.78, 5) is 20.6. The predicted molar refractivity (Wildman–Crippen MR) is 141 cm³/mol. The number of ether oxygens (including phenoxy) is 2. The van der Waals surface area contributed by atoms with E-state index in [1.54, 1.807) is 38.2 Å². The van der Waals surface area contributed by atoms with Crippen molar-refractivity contribution in [2.45, 2.75) is 13.5 Å². The summed E-state index contributed by atoms with van der Waals surface area (Å²) in [6, 6.07) is 20.6. The molecule has 0 saturated carbocycles. The van der Waals surface area contributed by atoms with Gasteiger partial charge in [0.15, 0.2) is 5.13 Å². The molecule has 0 atom stereocenters. The Morgan fingerprint density at radius 3 is 2.42 bits per heavy atom. The van der Waals surface area contributed by atoms with Crippen molar-refractivity contribution in [2.75, 3.05) is 19.1 Å². The van der Waals surface area contributed by atoms with Gasteiger partial charge < -0.3 is 14.0 Å². The number of halogens is 1. The second-order valence-electron chi connectivity index (χ2n) is 7.96. The monoisotopic (exact) mass is 519 g/mol. The molecule has 0 fully saturated rings. The number of anilines is 1. The minimum atomic E-state index is -0.301. The number of benzene rings is 3. The molecule has 5 aromatic rings. The summed E-state index contributed by atoms with van der Waals surface area (Å²) in [6.07, 6.45) is 0. The Morgan fingerprint density at radius 1 is 1.00 bits per heavy atom. The van der Waals surface area contributed by atoms with Crippen LogP contribution in [0.2, 0.25) is 5.02 Å². The molecule has 0 aliphatic rings. The molecule has 0 spiro atoms. The maximum Gasteiger partial charge on any atom is 0.266 e. The van der Waals surface area contributed by atoms with Gasteiger partial charge in [-0.05, 0) is 30.7 Å². The van der Waals surface area contributed by atoms with Gasteiger partial charge in [0.25, 0.3) is 5.91 Å². The average molecular weight is 520 g/mol. The number of hydrogen-bond acceptors (Lipinski definition) is 7. The maximum absolute atomic E-state index is 14.2. The average Bonchev–Trinajstić information content (AvgIpc) is 3.51. The Labute approximate surface area is 216 Å². The smallest absolute Gasteiger partial charge is 0.266 e. The van der Waals surface area contributed by atoms with Crippen molar-refractivity contribution in [3.8, 4) is 22.8 Å². The molecule has 0 unspecified atom stereocenters. The van der Waals surface area contributed by atoms with Crippen molar-refractivity contribution in [3.05, 3.63) is 88.6 Å². The molecule has 9 heteroatoms. The van der Waals surface area contributed by atoms with Gasteiger partial charge >= 0.3 is 0 Å². The van der Waals surface area contributed by atoms with Crippen LogP contribution in [0, 0.1) is 6.92 Å². The third kappa shape index (κ3) is 4.29. The zero-order valence-electron chi connectivity index (χ0n) is 19.8. The molecule has 0 radical (unpaired) electrons. The number of hydrogen-bond donors (Lipinski definition) is 0. The Kier molecular flexibility index (Phi) is 6.63. The molecule has 0 aliphatic heterocycles. The van der Waals surface area contributed by atoms with Crippen LogP contribution in [0.15, 0.2) is 71.3 Å². The summed E-state index contributed by atoms with van der Waals surface area (Å²) >= 11 is 7.80. The molecular formula is C27H22ClN3O4S. The third-order valence-electron chi connectivity index (χ3n) is 5.76. The predicted octanol–water partition coefficient (Wildman–Crippen LogP) is 6.78. The van der Waals surface area contributed by atoms with E-state index < -0.39 is 0 Å². The summed E-state index contributed by atoms with van der Waals surface area (Å²) < 4.78 is 17.3. The first kappa shape index (κ1) is 23.8. The number of thiazole rings is 1. The van der Waals surface area contributed by atoms with Gasteiger partial charge in [0.05, 0.1) is 25.8 Å². The van der Waals surface area contributed by atoms with E-state index in [9.17, 15) is 4.79 Å². The minimum Gasteiger partial charge on any atom is -0.495 e. The molecule has 5 rings (SSSR count). The van der Waals surface area contributed by atoms with Crippen LogP contribution in [-0.2, 0) is 6.54 Å². The number of carbonyl (C=O) groups excluding carboxylic acids is 1. The van der Waals surface area contributed by atoms with Gasteiger partial charge in [-0.15, -0.1) is 0 Å². The van der Waals surface area contributed by atoms with Crippen LogP contribution < -0.4 is 14.4 Å². The third-order valence-corrected chi connectivity index (χ3v) is 7.19. The summed E-state index contributed by atoms with van der Waals surface area (Å²) in [6.45, 7) is 2.00. The molecule has 2 aromatic heterocycles. The van der Waals surface area contributed by atoms with Crippen LogP contribution in [0.25, 0.3) is 21.5 Å². The fraction of sp³-hybridized carbons (Fsp3) is 0.148. The van der Waals surface area contributed by atoms with Gasteiger partial charge in [-0.25, -0.2) is 4.98 Å². The lowest BCUT2D eigenvalue weighted by molar-refractivity contribution is 0.0984. The molecular weight excluding hydrogens is 498 g/mol. The van der Waals surface area contributed by atoms with Crippen molar-refractivity contribution >= 4 is 44.2 Å². The fourth-order valence-electron chi connectivity index (χ4n) is 3.98. The van der Waals surface area contributed by atoms with E-state index in [-0.39, 0.29) is 12.5 Å². The second-order valence-corrected chi connectivity index (χ2v) is 9.35. The highest BCUT2D eigenvalue weighted by Crippen LogP contribution is 2.41. The number of aryl methyl sites for hydroxylation is 1. The van der Waals surface area contributed by atoms with Gasteiger partial charge in [0, 0.05) is 5.56 Å². The summed E-state index contributed by atoms with van der Waals surface area (Å²) in [5.74, 6) is 1.34. The summed E-state index contributed by atoms with van der Waals surface area (Å²) in [5, 5.41) is 5.15. The van der Waals surface area contributed by atoms with Crippen LogP contribution in [0.4, 0.5) is 5.13 Å². The Balaban J connectivity index is 1.67. The minimum absolute atomic E-state index is 0.288. The topological polar surface area (TPSA) is 77.7 Å². The van der Waals surface area contributed by atoms with Crippen molar-refractivity contribution in [1.82, 2.24) is 10.1 Å². The first-order valence-corrected chi connectivity index (χ1v) is 12.3. The lowest BCUT2D eigenvalue weighted by atomic mass is 10.0. The Hall–Kier alpha value is -3.88. The lowest BCUT2D eigenvalue weighted by Crippen LogP contribution is -2.31. The fourth-order valence-corrected chi connectivity index (χ4v) is 5.28. The van der Waals surface area contributed by atoms with Gasteiger partial charge in [-0.2, -0.15) is 0 Å². The molecule has 0 N–H and O–H groups in total. The van der Waals surface area contributed by atoms with Crippen LogP contribution in [0.3, 0.4) is 0 Å². The number of amides is 1. The number of carbonyl (C=O) groups is 1. The van der Waals surface area contributed by atoms with Crippen molar-refractivity contribution in [3.63, 3.8) is 0 Å².